The zero-order valence-corrected chi connectivity index (χ0v) is 16.7. The van der Waals surface area contributed by atoms with Crippen LogP contribution in [-0.4, -0.2) is 16.8 Å². The Balaban J connectivity index is 1.49. The van der Waals surface area contributed by atoms with Gasteiger partial charge in [-0.05, 0) is 48.4 Å². The molecule has 0 saturated carbocycles. The first-order valence-electron chi connectivity index (χ1n) is 8.98. The third-order valence-electron chi connectivity index (χ3n) is 3.96. The highest BCUT2D eigenvalue weighted by atomic mass is 32.1. The maximum Gasteiger partial charge on any atom is 0.248 e. The number of carbonyl (C=O) groups excluding carboxylic acids is 2. The van der Waals surface area contributed by atoms with Gasteiger partial charge in [-0.15, -0.1) is 11.3 Å². The largest absolute Gasteiger partial charge is 0.487 e. The van der Waals surface area contributed by atoms with Crippen LogP contribution in [0, 0.1) is 6.92 Å². The first-order valence-corrected chi connectivity index (χ1v) is 9.86. The van der Waals surface area contributed by atoms with E-state index in [0.717, 1.165) is 27.6 Å². The average Bonchev–Trinajstić information content (AvgIpc) is 3.12. The summed E-state index contributed by atoms with van der Waals surface area (Å²) in [5.74, 6) is 0.111. The van der Waals surface area contributed by atoms with Crippen LogP contribution in [0.4, 0.5) is 5.69 Å². The molecule has 0 bridgehead atoms. The summed E-state index contributed by atoms with van der Waals surface area (Å²) in [6.45, 7) is 2.39. The molecule has 3 rings (SSSR count). The molecule has 148 valence electrons. The summed E-state index contributed by atoms with van der Waals surface area (Å²) >= 11 is 1.60. The molecule has 0 fully saturated rings. The second-order valence-corrected chi connectivity index (χ2v) is 7.44. The monoisotopic (exact) mass is 407 g/mol. The zero-order valence-electron chi connectivity index (χ0n) is 15.9. The zero-order chi connectivity index (χ0) is 20.6. The average molecular weight is 407 g/mol. The molecule has 6 nitrogen and oxygen atoms in total. The molecule has 0 unspecified atom stereocenters. The van der Waals surface area contributed by atoms with Crippen LogP contribution in [0.2, 0.25) is 0 Å². The maximum atomic E-state index is 12.1. The van der Waals surface area contributed by atoms with E-state index >= 15 is 0 Å². The molecule has 2 amide bonds. The van der Waals surface area contributed by atoms with Gasteiger partial charge in [0.15, 0.2) is 0 Å². The van der Waals surface area contributed by atoms with Crippen LogP contribution in [0.5, 0.6) is 5.75 Å². The normalized spacial score (nSPS) is 10.8. The minimum absolute atomic E-state index is 0.178. The number of aryl methyl sites for hydroxylation is 1. The number of benzene rings is 2. The number of hydrogen-bond acceptors (Lipinski definition) is 5. The highest BCUT2D eigenvalue weighted by Crippen LogP contribution is 2.16. The van der Waals surface area contributed by atoms with Crippen LogP contribution < -0.4 is 15.8 Å². The van der Waals surface area contributed by atoms with Crippen LogP contribution in [0.25, 0.3) is 6.08 Å². The SMILES string of the molecule is Cc1nc(COc2ccc(/C=C/C(=O)Nc3ccc(CC(N)=O)cc3)cc2)cs1. The lowest BCUT2D eigenvalue weighted by atomic mass is 10.1. The lowest BCUT2D eigenvalue weighted by Gasteiger charge is -2.05. The summed E-state index contributed by atoms with van der Waals surface area (Å²) in [4.78, 5) is 27.3. The Labute approximate surface area is 173 Å². The van der Waals surface area contributed by atoms with Gasteiger partial charge in [0.05, 0.1) is 17.1 Å². The van der Waals surface area contributed by atoms with E-state index in [-0.39, 0.29) is 18.2 Å². The van der Waals surface area contributed by atoms with Crippen LogP contribution in [0.1, 0.15) is 21.8 Å². The Morgan fingerprint density at radius 3 is 2.48 bits per heavy atom. The van der Waals surface area contributed by atoms with Crippen molar-refractivity contribution < 1.29 is 14.3 Å². The number of ether oxygens (including phenoxy) is 1. The van der Waals surface area contributed by atoms with Gasteiger partial charge in [0.25, 0.3) is 0 Å². The Bertz CT molecular complexity index is 1010. The van der Waals surface area contributed by atoms with Gasteiger partial charge in [0, 0.05) is 17.1 Å². The molecule has 0 spiro atoms. The van der Waals surface area contributed by atoms with Crippen molar-refractivity contribution >= 4 is 34.9 Å². The van der Waals surface area contributed by atoms with Gasteiger partial charge in [-0.25, -0.2) is 4.98 Å². The van der Waals surface area contributed by atoms with Crippen molar-refractivity contribution in [1.29, 1.82) is 0 Å². The number of hydrogen-bond donors (Lipinski definition) is 2. The van der Waals surface area contributed by atoms with E-state index in [1.165, 1.54) is 6.08 Å². The molecule has 0 aliphatic rings. The van der Waals surface area contributed by atoms with Crippen molar-refractivity contribution in [3.05, 3.63) is 81.8 Å². The van der Waals surface area contributed by atoms with Gasteiger partial charge in [-0.2, -0.15) is 0 Å². The molecular formula is C22H21N3O3S. The summed E-state index contributed by atoms with van der Waals surface area (Å²) in [6, 6.07) is 14.5. The molecule has 0 radical (unpaired) electrons. The van der Waals surface area contributed by atoms with E-state index < -0.39 is 0 Å². The van der Waals surface area contributed by atoms with Crippen LogP contribution in [0.3, 0.4) is 0 Å². The number of amides is 2. The van der Waals surface area contributed by atoms with E-state index in [1.54, 1.807) is 41.7 Å². The Kier molecular flexibility index (Phi) is 6.76. The molecule has 1 heterocycles. The number of rotatable bonds is 8. The fourth-order valence-corrected chi connectivity index (χ4v) is 3.17. The van der Waals surface area contributed by atoms with Crippen molar-refractivity contribution in [2.24, 2.45) is 5.73 Å². The molecule has 7 heteroatoms. The molecule has 0 atom stereocenters. The lowest BCUT2D eigenvalue weighted by molar-refractivity contribution is -0.117. The fourth-order valence-electron chi connectivity index (χ4n) is 2.57. The second-order valence-electron chi connectivity index (χ2n) is 6.38. The van der Waals surface area contributed by atoms with Gasteiger partial charge in [0.1, 0.15) is 12.4 Å². The predicted molar refractivity (Wildman–Crippen MR) is 115 cm³/mol. The smallest absolute Gasteiger partial charge is 0.248 e. The standard InChI is InChI=1S/C22H21N3O3S/c1-15-24-19(14-29-15)13-28-20-9-4-16(5-10-20)6-11-22(27)25-18-7-2-17(3-8-18)12-21(23)26/h2-11,14H,12-13H2,1H3,(H2,23,26)(H,25,27)/b11-6+. The fraction of sp³-hybridized carbons (Fsp3) is 0.136. The summed E-state index contributed by atoms with van der Waals surface area (Å²) in [5.41, 5.74) is 8.41. The number of thiazole rings is 1. The number of nitrogens with one attached hydrogen (secondary N) is 1. The van der Waals surface area contributed by atoms with Crippen molar-refractivity contribution in [3.63, 3.8) is 0 Å². The minimum Gasteiger partial charge on any atom is -0.487 e. The molecule has 3 N–H and O–H groups in total. The van der Waals surface area contributed by atoms with Gasteiger partial charge in [-0.1, -0.05) is 24.3 Å². The minimum atomic E-state index is -0.389. The van der Waals surface area contributed by atoms with E-state index in [2.05, 4.69) is 10.3 Å². The van der Waals surface area contributed by atoms with E-state index in [1.807, 2.05) is 36.6 Å². The number of anilines is 1. The molecule has 2 aromatic carbocycles. The third-order valence-corrected chi connectivity index (χ3v) is 4.78. The number of primary amides is 1. The Morgan fingerprint density at radius 2 is 1.86 bits per heavy atom. The van der Waals surface area contributed by atoms with Crippen LogP contribution in [-0.2, 0) is 22.6 Å². The first-order chi connectivity index (χ1) is 14.0. The number of nitrogens with zero attached hydrogens (tertiary/aromatic N) is 1. The predicted octanol–water partition coefficient (Wildman–Crippen LogP) is 3.71. The molecule has 1 aromatic heterocycles. The van der Waals surface area contributed by atoms with Crippen LogP contribution >= 0.6 is 11.3 Å². The van der Waals surface area contributed by atoms with Crippen molar-refractivity contribution in [2.45, 2.75) is 20.0 Å². The molecular weight excluding hydrogens is 386 g/mol. The highest BCUT2D eigenvalue weighted by molar-refractivity contribution is 7.09. The van der Waals surface area contributed by atoms with Gasteiger partial charge < -0.3 is 15.8 Å². The molecule has 29 heavy (non-hydrogen) atoms. The quantitative estimate of drug-likeness (QED) is 0.557. The summed E-state index contributed by atoms with van der Waals surface area (Å²) in [7, 11) is 0. The third kappa shape index (κ3) is 6.58. The van der Waals surface area contributed by atoms with Crippen LogP contribution in [0.15, 0.2) is 60.0 Å². The Hall–Kier alpha value is -3.45. The van der Waals surface area contributed by atoms with E-state index in [4.69, 9.17) is 10.5 Å². The maximum absolute atomic E-state index is 12.1. The molecule has 0 saturated heterocycles. The van der Waals surface area contributed by atoms with Gasteiger partial charge in [-0.3, -0.25) is 9.59 Å². The summed E-state index contributed by atoms with van der Waals surface area (Å²) in [6.07, 6.45) is 3.37. The number of nitrogens with two attached hydrogens (primary N) is 1. The highest BCUT2D eigenvalue weighted by Gasteiger charge is 2.02. The lowest BCUT2D eigenvalue weighted by Crippen LogP contribution is -2.13. The van der Waals surface area contributed by atoms with Gasteiger partial charge >= 0.3 is 0 Å². The van der Waals surface area contributed by atoms with E-state index in [0.29, 0.717) is 12.3 Å². The van der Waals surface area contributed by atoms with Crippen molar-refractivity contribution in [3.8, 4) is 5.75 Å². The van der Waals surface area contributed by atoms with Crippen molar-refractivity contribution in [2.75, 3.05) is 5.32 Å². The van der Waals surface area contributed by atoms with Crippen molar-refractivity contribution in [1.82, 2.24) is 4.98 Å². The molecule has 3 aromatic rings. The Morgan fingerprint density at radius 1 is 1.14 bits per heavy atom. The molecule has 0 aliphatic carbocycles. The topological polar surface area (TPSA) is 94.3 Å². The second kappa shape index (κ2) is 9.66. The summed E-state index contributed by atoms with van der Waals surface area (Å²) in [5, 5.41) is 5.77. The summed E-state index contributed by atoms with van der Waals surface area (Å²) < 4.78 is 5.71. The molecule has 0 aliphatic heterocycles. The first kappa shape index (κ1) is 20.3. The van der Waals surface area contributed by atoms with Gasteiger partial charge in [0.2, 0.25) is 11.8 Å². The number of aromatic nitrogens is 1. The number of carbonyl (C=O) groups is 2. The van der Waals surface area contributed by atoms with E-state index in [9.17, 15) is 9.59 Å².